The Morgan fingerprint density at radius 1 is 1.48 bits per heavy atom. The zero-order chi connectivity index (χ0) is 17.0. The van der Waals surface area contributed by atoms with Crippen LogP contribution in [0.15, 0.2) is 16.0 Å². The number of hydrogen-bond donors (Lipinski definition) is 1. The molecule has 6 heteroatoms. The molecule has 3 atom stereocenters. The van der Waals surface area contributed by atoms with E-state index in [0.29, 0.717) is 28.6 Å². The first-order valence-electron chi connectivity index (χ1n) is 8.25. The van der Waals surface area contributed by atoms with Crippen LogP contribution in [0.25, 0.3) is 0 Å². The summed E-state index contributed by atoms with van der Waals surface area (Å²) in [5.41, 5.74) is 0.444. The van der Waals surface area contributed by atoms with Crippen molar-refractivity contribution in [2.75, 3.05) is 5.75 Å². The van der Waals surface area contributed by atoms with Crippen LogP contribution in [0.1, 0.15) is 45.7 Å². The number of rotatable bonds is 5. The lowest BCUT2D eigenvalue weighted by atomic mass is 9.75. The average molecular weight is 338 g/mol. The minimum Gasteiger partial charge on any atom is -0.461 e. The van der Waals surface area contributed by atoms with E-state index in [1.807, 2.05) is 0 Å². The van der Waals surface area contributed by atoms with Crippen LogP contribution in [0.2, 0.25) is 0 Å². The second-order valence-electron chi connectivity index (χ2n) is 6.84. The van der Waals surface area contributed by atoms with Crippen LogP contribution < -0.4 is 5.56 Å². The van der Waals surface area contributed by atoms with Crippen LogP contribution in [-0.2, 0) is 9.53 Å². The Balaban J connectivity index is 1.91. The molecule has 1 saturated carbocycles. The van der Waals surface area contributed by atoms with E-state index in [1.165, 1.54) is 24.2 Å². The Kier molecular flexibility index (Phi) is 6.27. The summed E-state index contributed by atoms with van der Waals surface area (Å²) in [6, 6.07) is 1.43. The summed E-state index contributed by atoms with van der Waals surface area (Å²) in [5.74, 6) is 1.50. The van der Waals surface area contributed by atoms with Gasteiger partial charge in [0, 0.05) is 11.8 Å². The topological polar surface area (TPSA) is 72.0 Å². The Morgan fingerprint density at radius 2 is 2.22 bits per heavy atom. The Labute approximate surface area is 141 Å². The molecule has 2 rings (SSSR count). The molecule has 0 saturated heterocycles. The second-order valence-corrected chi connectivity index (χ2v) is 7.80. The maximum atomic E-state index is 12.2. The van der Waals surface area contributed by atoms with Gasteiger partial charge in [-0.2, -0.15) is 0 Å². The molecule has 0 amide bonds. The van der Waals surface area contributed by atoms with Gasteiger partial charge in [-0.3, -0.25) is 9.59 Å². The van der Waals surface area contributed by atoms with Gasteiger partial charge in [-0.05, 0) is 37.5 Å². The monoisotopic (exact) mass is 338 g/mol. The molecule has 0 aromatic carbocycles. The van der Waals surface area contributed by atoms with E-state index in [4.69, 9.17) is 4.74 Å². The summed E-state index contributed by atoms with van der Waals surface area (Å²) < 4.78 is 5.74. The van der Waals surface area contributed by atoms with Crippen molar-refractivity contribution < 1.29 is 9.53 Å². The number of carbonyl (C=O) groups excluding carboxylic acids is 1. The van der Waals surface area contributed by atoms with Crippen molar-refractivity contribution in [3.05, 3.63) is 22.1 Å². The van der Waals surface area contributed by atoms with Gasteiger partial charge >= 0.3 is 5.97 Å². The van der Waals surface area contributed by atoms with Crippen LogP contribution in [0.5, 0.6) is 0 Å². The molecule has 1 fully saturated rings. The second kappa shape index (κ2) is 7.99. The first-order chi connectivity index (χ1) is 10.8. The van der Waals surface area contributed by atoms with E-state index in [9.17, 15) is 9.59 Å². The lowest BCUT2D eigenvalue weighted by molar-refractivity contribution is -0.152. The van der Waals surface area contributed by atoms with Crippen LogP contribution in [0.3, 0.4) is 0 Å². The van der Waals surface area contributed by atoms with Gasteiger partial charge in [0.2, 0.25) is 0 Å². The zero-order valence-corrected chi connectivity index (χ0v) is 15.1. The fraction of sp³-hybridized carbons (Fsp3) is 0.706. The van der Waals surface area contributed by atoms with E-state index in [-0.39, 0.29) is 23.4 Å². The van der Waals surface area contributed by atoms with Crippen LogP contribution in [0.4, 0.5) is 0 Å². The molecular weight excluding hydrogens is 312 g/mol. The molecule has 0 aliphatic heterocycles. The summed E-state index contributed by atoms with van der Waals surface area (Å²) in [6.45, 7) is 8.36. The average Bonchev–Trinajstić information content (AvgIpc) is 2.44. The molecular formula is C17H26N2O3S. The number of aryl methyl sites for hydroxylation is 1. The van der Waals surface area contributed by atoms with Gasteiger partial charge in [0.1, 0.15) is 6.10 Å². The molecule has 0 bridgehead atoms. The van der Waals surface area contributed by atoms with Crippen molar-refractivity contribution in [2.24, 2.45) is 17.8 Å². The number of hydrogen-bond acceptors (Lipinski definition) is 5. The smallest absolute Gasteiger partial charge is 0.316 e. The third-order valence-electron chi connectivity index (χ3n) is 4.42. The minimum atomic E-state index is -0.232. The van der Waals surface area contributed by atoms with Crippen molar-refractivity contribution in [2.45, 2.75) is 58.2 Å². The van der Waals surface area contributed by atoms with E-state index in [1.54, 1.807) is 6.92 Å². The first-order valence-corrected chi connectivity index (χ1v) is 9.24. The maximum Gasteiger partial charge on any atom is 0.316 e. The number of esters is 1. The summed E-state index contributed by atoms with van der Waals surface area (Å²) in [6.07, 6.45) is 3.28. The summed E-state index contributed by atoms with van der Waals surface area (Å²) in [5, 5.41) is 0.462. The van der Waals surface area contributed by atoms with Gasteiger partial charge in [0.15, 0.2) is 5.16 Å². The Morgan fingerprint density at radius 3 is 2.87 bits per heavy atom. The molecule has 1 aliphatic rings. The van der Waals surface area contributed by atoms with Crippen molar-refractivity contribution >= 4 is 17.7 Å². The summed E-state index contributed by atoms with van der Waals surface area (Å²) in [7, 11) is 0. The first kappa shape index (κ1) is 18.0. The van der Waals surface area contributed by atoms with Crippen molar-refractivity contribution in [3.8, 4) is 0 Å². The highest BCUT2D eigenvalue weighted by Gasteiger charge is 2.33. The maximum absolute atomic E-state index is 12.2. The number of H-pyrrole nitrogens is 1. The van der Waals surface area contributed by atoms with Gasteiger partial charge in [-0.1, -0.05) is 39.0 Å². The molecule has 0 unspecified atom stereocenters. The SMILES string of the molecule is Cc1cc(=O)[nH]c(SCC(=O)O[C@H]2C[C@H](C)CC[C@@H]2C(C)C)n1. The number of thioether (sulfide) groups is 1. The lowest BCUT2D eigenvalue weighted by Crippen LogP contribution is -2.36. The molecule has 23 heavy (non-hydrogen) atoms. The molecule has 0 spiro atoms. The number of aromatic nitrogens is 2. The fourth-order valence-electron chi connectivity index (χ4n) is 3.20. The molecule has 1 aliphatic carbocycles. The van der Waals surface area contributed by atoms with Gasteiger partial charge < -0.3 is 9.72 Å². The van der Waals surface area contributed by atoms with E-state index in [0.717, 1.165) is 12.8 Å². The number of nitrogens with one attached hydrogen (secondary N) is 1. The third-order valence-corrected chi connectivity index (χ3v) is 5.27. The molecule has 1 aromatic heterocycles. The normalized spacial score (nSPS) is 24.7. The zero-order valence-electron chi connectivity index (χ0n) is 14.3. The van der Waals surface area contributed by atoms with Crippen molar-refractivity contribution in [1.82, 2.24) is 9.97 Å². The van der Waals surface area contributed by atoms with Crippen LogP contribution >= 0.6 is 11.8 Å². The Bertz CT molecular complexity index is 600. The Hall–Kier alpha value is -1.30. The van der Waals surface area contributed by atoms with E-state index >= 15 is 0 Å². The predicted octanol–water partition coefficient (Wildman–Crippen LogP) is 3.17. The highest BCUT2D eigenvalue weighted by molar-refractivity contribution is 7.99. The van der Waals surface area contributed by atoms with Gasteiger partial charge in [-0.25, -0.2) is 4.98 Å². The number of aromatic amines is 1. The van der Waals surface area contributed by atoms with Crippen molar-refractivity contribution in [1.29, 1.82) is 0 Å². The number of nitrogens with zero attached hydrogens (tertiary/aromatic N) is 1. The van der Waals surface area contributed by atoms with Crippen molar-refractivity contribution in [3.63, 3.8) is 0 Å². The van der Waals surface area contributed by atoms with E-state index < -0.39 is 0 Å². The molecule has 1 N–H and O–H groups in total. The summed E-state index contributed by atoms with van der Waals surface area (Å²) in [4.78, 5) is 30.4. The molecule has 1 heterocycles. The number of ether oxygens (including phenoxy) is 1. The van der Waals surface area contributed by atoms with Crippen LogP contribution in [0, 0.1) is 24.7 Å². The van der Waals surface area contributed by atoms with Gasteiger partial charge in [0.25, 0.3) is 5.56 Å². The lowest BCUT2D eigenvalue weighted by Gasteiger charge is -2.36. The molecule has 1 aromatic rings. The third kappa shape index (κ3) is 5.37. The fourth-order valence-corrected chi connectivity index (χ4v) is 3.90. The predicted molar refractivity (Wildman–Crippen MR) is 91.5 cm³/mol. The van der Waals surface area contributed by atoms with Crippen LogP contribution in [-0.4, -0.2) is 27.8 Å². The molecule has 128 valence electrons. The highest BCUT2D eigenvalue weighted by atomic mass is 32.2. The molecule has 5 nitrogen and oxygen atoms in total. The quantitative estimate of drug-likeness (QED) is 0.507. The summed E-state index contributed by atoms with van der Waals surface area (Å²) >= 11 is 1.21. The van der Waals surface area contributed by atoms with Gasteiger partial charge in [0.05, 0.1) is 5.75 Å². The standard InChI is InChI=1S/C17H26N2O3S/c1-10(2)13-6-5-11(3)7-14(13)22-16(21)9-23-17-18-12(4)8-15(20)19-17/h8,10-11,13-14H,5-7,9H2,1-4H3,(H,18,19,20)/t11-,13-,14+/m1/s1. The van der Waals surface area contributed by atoms with E-state index in [2.05, 4.69) is 30.7 Å². The highest BCUT2D eigenvalue weighted by Crippen LogP contribution is 2.35. The minimum absolute atomic E-state index is 0.0105. The number of carbonyl (C=O) groups is 1. The molecule has 0 radical (unpaired) electrons. The largest absolute Gasteiger partial charge is 0.461 e. The van der Waals surface area contributed by atoms with Gasteiger partial charge in [-0.15, -0.1) is 0 Å².